The molecular weight excluding hydrogens is 448 g/mol. The Hall–Kier alpha value is -4.54. The molecule has 11 heteroatoms. The van der Waals surface area contributed by atoms with E-state index in [1.807, 2.05) is 0 Å². The number of aromatic nitrogens is 5. The number of para-hydroxylation sites is 1. The number of rotatable bonds is 5. The third-order valence-corrected chi connectivity index (χ3v) is 5.38. The van der Waals surface area contributed by atoms with E-state index in [0.717, 1.165) is 4.52 Å². The maximum absolute atomic E-state index is 13.9. The third kappa shape index (κ3) is 3.20. The van der Waals surface area contributed by atoms with Crippen LogP contribution in [0.5, 0.6) is 17.2 Å². The van der Waals surface area contributed by atoms with Crippen LogP contribution in [-0.4, -0.2) is 38.7 Å². The number of nitrogens with zero attached hydrogens (tertiary/aromatic N) is 5. The molecule has 4 heterocycles. The Morgan fingerprint density at radius 3 is 2.65 bits per heavy atom. The van der Waals surface area contributed by atoms with Crippen molar-refractivity contribution >= 4 is 5.65 Å². The number of ether oxygens (including phenoxy) is 3. The number of halogens is 2. The van der Waals surface area contributed by atoms with Gasteiger partial charge in [-0.05, 0) is 36.4 Å². The number of methoxy groups -OCH3 is 1. The smallest absolute Gasteiger partial charge is 0.280 e. The van der Waals surface area contributed by atoms with Crippen LogP contribution in [0.1, 0.15) is 12.1 Å². The van der Waals surface area contributed by atoms with Gasteiger partial charge in [-0.15, -0.1) is 10.2 Å². The molecule has 0 fully saturated rings. The average molecular weight is 463 g/mol. The van der Waals surface area contributed by atoms with Crippen LogP contribution in [0, 0.1) is 0 Å². The fourth-order valence-electron chi connectivity index (χ4n) is 3.76. The van der Waals surface area contributed by atoms with E-state index in [9.17, 15) is 8.78 Å². The summed E-state index contributed by atoms with van der Waals surface area (Å²) in [5, 5.41) is 12.3. The molecule has 5 aromatic rings. The standard InChI is InChI=1S/C23H15F2N5O4/c1-31-17-5-3-2-4-13(17)15-9-16(20(24)25)30-21(27-15)14(10-26-30)23-29-28-22(34-23)12-6-7-18-19(8-12)33-11-32-18/h2-10,20H,11H2,1H3. The van der Waals surface area contributed by atoms with Gasteiger partial charge in [0.15, 0.2) is 17.1 Å². The summed E-state index contributed by atoms with van der Waals surface area (Å²) in [6, 6.07) is 13.6. The fourth-order valence-corrected chi connectivity index (χ4v) is 3.76. The molecule has 170 valence electrons. The van der Waals surface area contributed by atoms with E-state index in [1.54, 1.807) is 42.5 Å². The second kappa shape index (κ2) is 7.80. The zero-order chi connectivity index (χ0) is 23.2. The number of benzene rings is 2. The monoisotopic (exact) mass is 463 g/mol. The van der Waals surface area contributed by atoms with Gasteiger partial charge in [-0.25, -0.2) is 18.3 Å². The lowest BCUT2D eigenvalue weighted by Crippen LogP contribution is -2.03. The minimum absolute atomic E-state index is 0.0903. The SMILES string of the molecule is COc1ccccc1-c1cc(C(F)F)n2ncc(-c3nnc(-c4ccc5c(c4)OCO5)o3)c2n1. The highest BCUT2D eigenvalue weighted by molar-refractivity contribution is 5.76. The minimum Gasteiger partial charge on any atom is -0.496 e. The first-order chi connectivity index (χ1) is 16.6. The Morgan fingerprint density at radius 2 is 1.79 bits per heavy atom. The molecule has 0 amide bonds. The molecule has 0 saturated heterocycles. The number of fused-ring (bicyclic) bond motifs is 2. The van der Waals surface area contributed by atoms with Crippen LogP contribution in [0.4, 0.5) is 8.78 Å². The lowest BCUT2D eigenvalue weighted by molar-refractivity contribution is 0.143. The lowest BCUT2D eigenvalue weighted by atomic mass is 10.1. The summed E-state index contributed by atoms with van der Waals surface area (Å²) in [6.45, 7) is 0.142. The van der Waals surface area contributed by atoms with E-state index in [2.05, 4.69) is 20.3 Å². The van der Waals surface area contributed by atoms with Gasteiger partial charge in [-0.2, -0.15) is 5.10 Å². The summed E-state index contributed by atoms with van der Waals surface area (Å²) in [7, 11) is 1.51. The van der Waals surface area contributed by atoms with Gasteiger partial charge in [-0.3, -0.25) is 0 Å². The topological polar surface area (TPSA) is 96.8 Å². The van der Waals surface area contributed by atoms with E-state index in [4.69, 9.17) is 18.6 Å². The minimum atomic E-state index is -2.79. The largest absolute Gasteiger partial charge is 0.496 e. The van der Waals surface area contributed by atoms with E-state index in [0.29, 0.717) is 39.6 Å². The molecule has 2 aromatic carbocycles. The van der Waals surface area contributed by atoms with E-state index in [1.165, 1.54) is 19.4 Å². The maximum atomic E-state index is 13.9. The molecule has 1 aliphatic rings. The maximum Gasteiger partial charge on any atom is 0.280 e. The molecule has 0 unspecified atom stereocenters. The van der Waals surface area contributed by atoms with Gasteiger partial charge in [0.25, 0.3) is 12.3 Å². The average Bonchev–Trinajstić information content (AvgIpc) is 3.61. The zero-order valence-corrected chi connectivity index (χ0v) is 17.6. The summed E-state index contributed by atoms with van der Waals surface area (Å²) in [5.41, 5.74) is 1.63. The summed E-state index contributed by atoms with van der Waals surface area (Å²) >= 11 is 0. The Kier molecular flexibility index (Phi) is 4.61. The molecule has 3 aromatic heterocycles. The van der Waals surface area contributed by atoms with Gasteiger partial charge in [0.05, 0.1) is 19.0 Å². The molecule has 6 rings (SSSR count). The van der Waals surface area contributed by atoms with E-state index in [-0.39, 0.29) is 29.9 Å². The quantitative estimate of drug-likeness (QED) is 0.367. The Morgan fingerprint density at radius 1 is 0.971 bits per heavy atom. The number of alkyl halides is 2. The van der Waals surface area contributed by atoms with E-state index >= 15 is 0 Å². The first-order valence-corrected chi connectivity index (χ1v) is 10.2. The number of hydrogen-bond acceptors (Lipinski definition) is 8. The molecule has 0 bridgehead atoms. The normalized spacial score (nSPS) is 12.6. The second-order valence-electron chi connectivity index (χ2n) is 7.34. The predicted octanol–water partition coefficient (Wildman–Crippen LogP) is 4.79. The van der Waals surface area contributed by atoms with Crippen molar-refractivity contribution in [3.05, 3.63) is 60.4 Å². The predicted molar refractivity (Wildman–Crippen MR) is 115 cm³/mol. The van der Waals surface area contributed by atoms with Gasteiger partial charge in [0, 0.05) is 11.1 Å². The van der Waals surface area contributed by atoms with Gasteiger partial charge < -0.3 is 18.6 Å². The molecule has 1 aliphatic heterocycles. The lowest BCUT2D eigenvalue weighted by Gasteiger charge is -2.11. The van der Waals surface area contributed by atoms with Crippen molar-refractivity contribution in [3.8, 4) is 51.4 Å². The highest BCUT2D eigenvalue weighted by Gasteiger charge is 2.23. The van der Waals surface area contributed by atoms with Crippen LogP contribution in [0.15, 0.2) is 59.1 Å². The molecule has 0 N–H and O–H groups in total. The van der Waals surface area contributed by atoms with Crippen molar-refractivity contribution in [2.24, 2.45) is 0 Å². The van der Waals surface area contributed by atoms with Crippen LogP contribution < -0.4 is 14.2 Å². The zero-order valence-electron chi connectivity index (χ0n) is 17.6. The van der Waals surface area contributed by atoms with Gasteiger partial charge >= 0.3 is 0 Å². The summed E-state index contributed by atoms with van der Waals surface area (Å²) in [4.78, 5) is 4.59. The molecule has 0 aliphatic carbocycles. The van der Waals surface area contributed by atoms with Crippen LogP contribution in [-0.2, 0) is 0 Å². The third-order valence-electron chi connectivity index (χ3n) is 5.38. The molecule has 0 atom stereocenters. The summed E-state index contributed by atoms with van der Waals surface area (Å²) in [6.07, 6.45) is -1.42. The van der Waals surface area contributed by atoms with Crippen molar-refractivity contribution in [3.63, 3.8) is 0 Å². The van der Waals surface area contributed by atoms with Crippen molar-refractivity contribution in [2.45, 2.75) is 6.43 Å². The number of hydrogen-bond donors (Lipinski definition) is 0. The van der Waals surface area contributed by atoms with Crippen LogP contribution in [0.3, 0.4) is 0 Å². The molecule has 0 radical (unpaired) electrons. The Bertz CT molecular complexity index is 1530. The summed E-state index contributed by atoms with van der Waals surface area (Å²) in [5.74, 6) is 2.01. The second-order valence-corrected chi connectivity index (χ2v) is 7.34. The first-order valence-electron chi connectivity index (χ1n) is 10.2. The van der Waals surface area contributed by atoms with E-state index < -0.39 is 6.43 Å². The molecule has 0 saturated carbocycles. The van der Waals surface area contributed by atoms with Gasteiger partial charge in [0.1, 0.15) is 17.0 Å². The van der Waals surface area contributed by atoms with Crippen molar-refractivity contribution in [2.75, 3.05) is 13.9 Å². The molecular formula is C23H15F2N5O4. The first kappa shape index (κ1) is 20.1. The Labute approximate surface area is 190 Å². The Balaban J connectivity index is 1.48. The van der Waals surface area contributed by atoms with Crippen molar-refractivity contribution in [1.29, 1.82) is 0 Å². The molecule has 9 nitrogen and oxygen atoms in total. The van der Waals surface area contributed by atoms with Gasteiger partial charge in [0.2, 0.25) is 12.7 Å². The van der Waals surface area contributed by atoms with Crippen LogP contribution in [0.2, 0.25) is 0 Å². The van der Waals surface area contributed by atoms with Crippen molar-refractivity contribution in [1.82, 2.24) is 24.8 Å². The highest BCUT2D eigenvalue weighted by Crippen LogP contribution is 2.37. The van der Waals surface area contributed by atoms with Gasteiger partial charge in [-0.1, -0.05) is 12.1 Å². The highest BCUT2D eigenvalue weighted by atomic mass is 19.3. The van der Waals surface area contributed by atoms with Crippen LogP contribution in [0.25, 0.3) is 39.8 Å². The summed E-state index contributed by atoms with van der Waals surface area (Å²) < 4.78 is 50.9. The molecule has 0 spiro atoms. The van der Waals surface area contributed by atoms with Crippen LogP contribution >= 0.6 is 0 Å². The molecule has 34 heavy (non-hydrogen) atoms. The van der Waals surface area contributed by atoms with Crippen molar-refractivity contribution < 1.29 is 27.4 Å². The fraction of sp³-hybridized carbons (Fsp3) is 0.130.